The summed E-state index contributed by atoms with van der Waals surface area (Å²) < 4.78 is 28.5. The predicted molar refractivity (Wildman–Crippen MR) is 75.6 cm³/mol. The fourth-order valence-corrected chi connectivity index (χ4v) is 4.95. The normalized spacial score (nSPS) is 27.6. The maximum absolute atomic E-state index is 12.3. The highest BCUT2D eigenvalue weighted by molar-refractivity contribution is 7.91. The maximum Gasteiger partial charge on any atom is 0.409 e. The van der Waals surface area contributed by atoms with Crippen LogP contribution in [0.25, 0.3) is 0 Å². The summed E-state index contributed by atoms with van der Waals surface area (Å²) >= 11 is 0. The zero-order chi connectivity index (χ0) is 15.8. The molecule has 0 radical (unpaired) electrons. The Balaban J connectivity index is 2.22. The van der Waals surface area contributed by atoms with E-state index >= 15 is 0 Å². The second-order valence-corrected chi connectivity index (χ2v) is 7.85. The van der Waals surface area contributed by atoms with Gasteiger partial charge in [0.05, 0.1) is 37.2 Å². The second kappa shape index (κ2) is 5.80. The van der Waals surface area contributed by atoms with Crippen LogP contribution in [0.2, 0.25) is 0 Å². The summed E-state index contributed by atoms with van der Waals surface area (Å²) in [6, 6.07) is -0.988. The van der Waals surface area contributed by atoms with Crippen molar-refractivity contribution in [1.29, 1.82) is 0 Å². The Morgan fingerprint density at radius 1 is 1.14 bits per heavy atom. The average molecular weight is 319 g/mol. The molecular formula is C12H21N3O5S. The van der Waals surface area contributed by atoms with E-state index in [1.54, 1.807) is 23.9 Å². The van der Waals surface area contributed by atoms with Gasteiger partial charge in [0.1, 0.15) is 0 Å². The van der Waals surface area contributed by atoms with Crippen LogP contribution in [0.3, 0.4) is 0 Å². The number of hydrogen-bond acceptors (Lipinski definition) is 6. The molecule has 2 saturated heterocycles. The summed E-state index contributed by atoms with van der Waals surface area (Å²) in [5.41, 5.74) is 0. The Hall–Kier alpha value is -1.35. The first-order valence-electron chi connectivity index (χ1n) is 6.74. The monoisotopic (exact) mass is 319 g/mol. The van der Waals surface area contributed by atoms with Crippen molar-refractivity contribution in [3.63, 3.8) is 0 Å². The molecule has 0 aromatic carbocycles. The summed E-state index contributed by atoms with van der Waals surface area (Å²) in [5.74, 6) is -0.320. The Morgan fingerprint density at radius 3 is 2.19 bits per heavy atom. The van der Waals surface area contributed by atoms with Gasteiger partial charge in [-0.15, -0.1) is 0 Å². The van der Waals surface area contributed by atoms with Crippen molar-refractivity contribution in [3.05, 3.63) is 0 Å². The SMILES string of the molecule is COC(=O)N1CCN(C(=O)CN(C)C)[C@@H]2CS(=O)(=O)C[C@@H]21. The maximum atomic E-state index is 12.3. The number of carbonyl (C=O) groups is 2. The minimum Gasteiger partial charge on any atom is -0.453 e. The van der Waals surface area contributed by atoms with E-state index < -0.39 is 28.0 Å². The van der Waals surface area contributed by atoms with Crippen molar-refractivity contribution in [2.24, 2.45) is 0 Å². The Labute approximate surface area is 124 Å². The molecule has 8 nitrogen and oxygen atoms in total. The van der Waals surface area contributed by atoms with Gasteiger partial charge in [-0.3, -0.25) is 4.79 Å². The number of hydrogen-bond donors (Lipinski definition) is 0. The number of nitrogens with zero attached hydrogens (tertiary/aromatic N) is 3. The molecule has 2 aliphatic rings. The van der Waals surface area contributed by atoms with Crippen molar-refractivity contribution >= 4 is 21.8 Å². The van der Waals surface area contributed by atoms with Gasteiger partial charge in [-0.2, -0.15) is 0 Å². The highest BCUT2D eigenvalue weighted by Gasteiger charge is 2.49. The van der Waals surface area contributed by atoms with Crippen molar-refractivity contribution in [2.45, 2.75) is 12.1 Å². The largest absolute Gasteiger partial charge is 0.453 e. The molecule has 2 amide bonds. The molecule has 2 aliphatic heterocycles. The molecule has 2 rings (SSSR count). The van der Waals surface area contributed by atoms with Gasteiger partial charge in [-0.1, -0.05) is 0 Å². The van der Waals surface area contributed by atoms with Crippen molar-refractivity contribution in [1.82, 2.24) is 14.7 Å². The molecule has 0 aromatic heterocycles. The van der Waals surface area contributed by atoms with Crippen LogP contribution in [0.1, 0.15) is 0 Å². The zero-order valence-corrected chi connectivity index (χ0v) is 13.3. The van der Waals surface area contributed by atoms with E-state index in [1.165, 1.54) is 12.0 Å². The molecule has 0 bridgehead atoms. The van der Waals surface area contributed by atoms with Crippen molar-refractivity contribution < 1.29 is 22.7 Å². The Bertz CT molecular complexity index is 533. The molecular weight excluding hydrogens is 298 g/mol. The first-order valence-corrected chi connectivity index (χ1v) is 8.56. The van der Waals surface area contributed by atoms with Gasteiger partial charge < -0.3 is 19.4 Å². The second-order valence-electron chi connectivity index (χ2n) is 5.70. The first-order chi connectivity index (χ1) is 9.75. The molecule has 0 saturated carbocycles. The van der Waals surface area contributed by atoms with Gasteiger partial charge in [0.2, 0.25) is 5.91 Å². The quantitative estimate of drug-likeness (QED) is 0.624. The van der Waals surface area contributed by atoms with Gasteiger partial charge >= 0.3 is 6.09 Å². The van der Waals surface area contributed by atoms with Gasteiger partial charge in [0.25, 0.3) is 0 Å². The molecule has 2 heterocycles. The fourth-order valence-electron chi connectivity index (χ4n) is 2.97. The number of ether oxygens (including phenoxy) is 1. The molecule has 2 fully saturated rings. The fraction of sp³-hybridized carbons (Fsp3) is 0.833. The zero-order valence-electron chi connectivity index (χ0n) is 12.5. The lowest BCUT2D eigenvalue weighted by molar-refractivity contribution is -0.137. The minimum atomic E-state index is -3.26. The minimum absolute atomic E-state index is 0.0929. The van der Waals surface area contributed by atoms with Crippen LogP contribution in [-0.4, -0.2) is 99.5 Å². The molecule has 2 atom stereocenters. The van der Waals surface area contributed by atoms with E-state index in [4.69, 9.17) is 4.74 Å². The van der Waals surface area contributed by atoms with Crippen LogP contribution in [0.5, 0.6) is 0 Å². The van der Waals surface area contributed by atoms with Crippen LogP contribution in [-0.2, 0) is 19.4 Å². The summed E-state index contributed by atoms with van der Waals surface area (Å²) in [7, 11) is 1.58. The van der Waals surface area contributed by atoms with Gasteiger partial charge in [-0.05, 0) is 14.1 Å². The number of fused-ring (bicyclic) bond motifs is 1. The number of amides is 2. The lowest BCUT2D eigenvalue weighted by atomic mass is 10.1. The number of carbonyl (C=O) groups excluding carboxylic acids is 2. The third-order valence-electron chi connectivity index (χ3n) is 3.86. The van der Waals surface area contributed by atoms with E-state index in [9.17, 15) is 18.0 Å². The number of rotatable bonds is 2. The molecule has 0 aliphatic carbocycles. The van der Waals surface area contributed by atoms with E-state index in [2.05, 4.69) is 0 Å². The van der Waals surface area contributed by atoms with Crippen LogP contribution >= 0.6 is 0 Å². The molecule has 0 aromatic rings. The van der Waals surface area contributed by atoms with Gasteiger partial charge in [-0.25, -0.2) is 13.2 Å². The van der Waals surface area contributed by atoms with Crippen molar-refractivity contribution in [3.8, 4) is 0 Å². The lowest BCUT2D eigenvalue weighted by Gasteiger charge is -2.43. The highest BCUT2D eigenvalue weighted by Crippen LogP contribution is 2.27. The topological polar surface area (TPSA) is 87.2 Å². The lowest BCUT2D eigenvalue weighted by Crippen LogP contribution is -2.62. The van der Waals surface area contributed by atoms with E-state index in [0.29, 0.717) is 13.1 Å². The molecule has 0 N–H and O–H groups in total. The average Bonchev–Trinajstić information content (AvgIpc) is 2.70. The standard InChI is InChI=1S/C12H21N3O5S/c1-13(2)6-11(16)14-4-5-15(12(17)20-3)10-8-21(18,19)7-9(10)14/h9-10H,4-8H2,1-3H3/t9-,10+/m1/s1. The third kappa shape index (κ3) is 3.29. The molecule has 0 spiro atoms. The van der Waals surface area contributed by atoms with Crippen LogP contribution in [0.15, 0.2) is 0 Å². The number of methoxy groups -OCH3 is 1. The summed E-state index contributed by atoms with van der Waals surface area (Å²) in [6.45, 7) is 0.850. The van der Waals surface area contributed by atoms with Gasteiger partial charge in [0.15, 0.2) is 9.84 Å². The Morgan fingerprint density at radius 2 is 1.67 bits per heavy atom. The predicted octanol–water partition coefficient (Wildman–Crippen LogP) is -1.38. The molecule has 9 heteroatoms. The summed E-state index contributed by atoms with van der Waals surface area (Å²) in [5, 5.41) is 0. The van der Waals surface area contributed by atoms with Crippen LogP contribution < -0.4 is 0 Å². The third-order valence-corrected chi connectivity index (χ3v) is 5.56. The van der Waals surface area contributed by atoms with Crippen LogP contribution in [0.4, 0.5) is 4.79 Å². The van der Waals surface area contributed by atoms with E-state index in [-0.39, 0.29) is 24.0 Å². The summed E-state index contributed by atoms with van der Waals surface area (Å²) in [6.07, 6.45) is -0.540. The smallest absolute Gasteiger partial charge is 0.409 e. The summed E-state index contributed by atoms with van der Waals surface area (Å²) in [4.78, 5) is 28.8. The van der Waals surface area contributed by atoms with E-state index in [0.717, 1.165) is 0 Å². The van der Waals surface area contributed by atoms with E-state index in [1.807, 2.05) is 0 Å². The number of sulfone groups is 1. The highest BCUT2D eigenvalue weighted by atomic mass is 32.2. The van der Waals surface area contributed by atoms with Gasteiger partial charge in [0, 0.05) is 13.1 Å². The van der Waals surface area contributed by atoms with Crippen LogP contribution in [0, 0.1) is 0 Å². The molecule has 0 unspecified atom stereocenters. The first kappa shape index (κ1) is 16.0. The Kier molecular flexibility index (Phi) is 4.43. The molecule has 21 heavy (non-hydrogen) atoms. The molecule has 120 valence electrons. The number of likely N-dealkylation sites (N-methyl/N-ethyl adjacent to an activating group) is 1. The number of piperazine rings is 1. The van der Waals surface area contributed by atoms with Crippen molar-refractivity contribution in [2.75, 3.05) is 52.3 Å².